The summed E-state index contributed by atoms with van der Waals surface area (Å²) in [5, 5.41) is 7.85. The first-order valence-electron chi connectivity index (χ1n) is 1.24. The van der Waals surface area contributed by atoms with Crippen LogP contribution in [0.3, 0.4) is 0 Å². The molecule has 1 N–H and O–H groups in total. The van der Waals surface area contributed by atoms with Crippen LogP contribution >= 0.6 is 34.8 Å². The van der Waals surface area contributed by atoms with Gasteiger partial charge in [0.1, 0.15) is 0 Å². The van der Waals surface area contributed by atoms with E-state index in [1.54, 1.807) is 0 Å². The summed E-state index contributed by atoms with van der Waals surface area (Å²) in [7, 11) is 0. The van der Waals surface area contributed by atoms with Crippen molar-refractivity contribution in [2.75, 3.05) is 0 Å². The van der Waals surface area contributed by atoms with Crippen LogP contribution in [-0.4, -0.2) is 23.3 Å². The van der Waals surface area contributed by atoms with Crippen LogP contribution in [0.4, 0.5) is 0 Å². The van der Waals surface area contributed by atoms with Gasteiger partial charge in [-0.05, 0) is 0 Å². The monoisotopic (exact) mass is 173 g/mol. The van der Waals surface area contributed by atoms with Gasteiger partial charge in [-0.15, -0.1) is 0 Å². The number of hydrogen-bond donors (Lipinski definition) is 1. The Morgan fingerprint density at radius 2 is 1.50 bits per heavy atom. The largest absolute Gasteiger partial charge is 0.478 e. The minimum Gasteiger partial charge on any atom is -0.478 e. The average Bonchev–Trinajstić information content (AvgIpc) is 1.31. The quantitative estimate of drug-likeness (QED) is 0.440. The lowest BCUT2D eigenvalue weighted by Crippen LogP contribution is -2.16. The van der Waals surface area contributed by atoms with E-state index in [9.17, 15) is 4.79 Å². The Balaban J connectivity index is 0. The number of aliphatic carboxylic acids is 1. The second kappa shape index (κ2) is 3.43. The lowest BCUT2D eigenvalue weighted by Gasteiger charge is -1.99. The number of rotatable bonds is 0. The molecule has 0 aliphatic carbocycles. The predicted octanol–water partition coefficient (Wildman–Crippen LogP) is 1.06. The molecular weight excluding hydrogens is 173 g/mol. The molecule has 0 aromatic carbocycles. The van der Waals surface area contributed by atoms with Crippen LogP contribution in [0.25, 0.3) is 0 Å². The molecule has 3 radical (unpaired) electrons. The first-order chi connectivity index (χ1) is 2.94. The molecule has 45 valence electrons. The summed E-state index contributed by atoms with van der Waals surface area (Å²) < 4.78 is -2.17. The summed E-state index contributed by atoms with van der Waals surface area (Å²) in [5.41, 5.74) is 0. The van der Waals surface area contributed by atoms with Gasteiger partial charge in [-0.25, -0.2) is 4.79 Å². The minimum absolute atomic E-state index is 0. The van der Waals surface area contributed by atoms with E-state index in [-0.39, 0.29) is 8.41 Å². The fourth-order valence-electron chi connectivity index (χ4n) is 0. The van der Waals surface area contributed by atoms with Crippen LogP contribution in [0.15, 0.2) is 0 Å². The van der Waals surface area contributed by atoms with E-state index in [2.05, 4.69) is 0 Å². The Kier molecular flexibility index (Phi) is 4.82. The van der Waals surface area contributed by atoms with E-state index in [4.69, 9.17) is 39.9 Å². The van der Waals surface area contributed by atoms with Gasteiger partial charge in [0, 0.05) is 8.41 Å². The van der Waals surface area contributed by atoms with Crippen molar-refractivity contribution in [3.8, 4) is 0 Å². The number of halogens is 3. The molecule has 0 bridgehead atoms. The SMILES string of the molecule is O=C(O)C(Cl)(Cl)Cl.[B]. The molecule has 0 saturated carbocycles. The molecule has 0 amide bonds. The lowest BCUT2D eigenvalue weighted by molar-refractivity contribution is -0.135. The summed E-state index contributed by atoms with van der Waals surface area (Å²) in [5.74, 6) is -1.46. The van der Waals surface area contributed by atoms with Crippen molar-refractivity contribution < 1.29 is 9.90 Å². The zero-order valence-electron chi connectivity index (χ0n) is 3.57. The smallest absolute Gasteiger partial charge is 0.356 e. The average molecular weight is 174 g/mol. The van der Waals surface area contributed by atoms with E-state index < -0.39 is 9.76 Å². The molecule has 0 atom stereocenters. The normalized spacial score (nSPS) is 9.88. The van der Waals surface area contributed by atoms with Gasteiger partial charge < -0.3 is 5.11 Å². The molecule has 0 aliphatic rings. The molecule has 0 saturated heterocycles. The van der Waals surface area contributed by atoms with Crippen LogP contribution in [0.2, 0.25) is 0 Å². The van der Waals surface area contributed by atoms with Crippen LogP contribution in [0, 0.1) is 0 Å². The first kappa shape index (κ1) is 11.2. The van der Waals surface area contributed by atoms with E-state index >= 15 is 0 Å². The Hall–Kier alpha value is 0.405. The highest BCUT2D eigenvalue weighted by atomic mass is 35.6. The van der Waals surface area contributed by atoms with Crippen molar-refractivity contribution in [2.45, 2.75) is 3.79 Å². The summed E-state index contributed by atoms with van der Waals surface area (Å²) in [6.07, 6.45) is 0. The summed E-state index contributed by atoms with van der Waals surface area (Å²) in [6, 6.07) is 0. The fraction of sp³-hybridized carbons (Fsp3) is 0.500. The van der Waals surface area contributed by atoms with Crippen molar-refractivity contribution in [1.29, 1.82) is 0 Å². The number of alkyl halides is 3. The third-order valence-corrected chi connectivity index (χ3v) is 0.728. The highest BCUT2D eigenvalue weighted by Gasteiger charge is 2.29. The molecule has 0 fully saturated rings. The molecule has 0 spiro atoms. The van der Waals surface area contributed by atoms with Crippen molar-refractivity contribution in [3.63, 3.8) is 0 Å². The standard InChI is InChI=1S/C2HCl3O2.B/c3-2(4,5)1(6)7;/h(H,6,7);. The third-order valence-electron chi connectivity index (χ3n) is 0.243. The summed E-state index contributed by atoms with van der Waals surface area (Å²) in [6.45, 7) is 0. The molecule has 0 aromatic heterocycles. The molecule has 2 nitrogen and oxygen atoms in total. The van der Waals surface area contributed by atoms with Crippen molar-refractivity contribution in [3.05, 3.63) is 0 Å². The van der Waals surface area contributed by atoms with Gasteiger partial charge in [0.15, 0.2) is 0 Å². The van der Waals surface area contributed by atoms with Crippen molar-refractivity contribution in [1.82, 2.24) is 0 Å². The number of hydrogen-bond acceptors (Lipinski definition) is 1. The predicted molar refractivity (Wildman–Crippen MR) is 33.7 cm³/mol. The maximum atomic E-state index is 9.62. The van der Waals surface area contributed by atoms with Gasteiger partial charge in [-0.3, -0.25) is 0 Å². The zero-order valence-corrected chi connectivity index (χ0v) is 5.83. The Labute approximate surface area is 63.3 Å². The molecule has 8 heavy (non-hydrogen) atoms. The summed E-state index contributed by atoms with van der Waals surface area (Å²) >= 11 is 14.4. The van der Waals surface area contributed by atoms with E-state index in [0.717, 1.165) is 0 Å². The van der Waals surface area contributed by atoms with Crippen molar-refractivity contribution in [2.24, 2.45) is 0 Å². The maximum absolute atomic E-state index is 9.62. The van der Waals surface area contributed by atoms with E-state index in [0.29, 0.717) is 0 Å². The van der Waals surface area contributed by atoms with Crippen molar-refractivity contribution >= 4 is 49.2 Å². The topological polar surface area (TPSA) is 37.3 Å². The van der Waals surface area contributed by atoms with Gasteiger partial charge in [0.25, 0.3) is 3.79 Å². The highest BCUT2D eigenvalue weighted by Crippen LogP contribution is 2.25. The third kappa shape index (κ3) is 4.56. The number of carboxylic acid groups (broad SMARTS) is 1. The second-order valence-corrected chi connectivity index (χ2v) is 3.08. The molecule has 0 unspecified atom stereocenters. The second-order valence-electron chi connectivity index (χ2n) is 0.803. The van der Waals surface area contributed by atoms with E-state index in [1.807, 2.05) is 0 Å². The van der Waals surface area contributed by atoms with Crippen LogP contribution in [0.1, 0.15) is 0 Å². The van der Waals surface area contributed by atoms with Gasteiger partial charge in [-0.2, -0.15) is 0 Å². The Morgan fingerprint density at radius 3 is 1.50 bits per heavy atom. The van der Waals surface area contributed by atoms with Gasteiger partial charge >= 0.3 is 5.97 Å². The molecular formula is C2HBCl3O2. The van der Waals surface area contributed by atoms with E-state index in [1.165, 1.54) is 0 Å². The molecule has 0 aromatic rings. The molecule has 6 heteroatoms. The lowest BCUT2D eigenvalue weighted by atomic mass is 10.8. The van der Waals surface area contributed by atoms with Gasteiger partial charge in [0.2, 0.25) is 0 Å². The Bertz CT molecular complexity index is 87.8. The number of carboxylic acids is 1. The fourth-order valence-corrected chi connectivity index (χ4v) is 0. The summed E-state index contributed by atoms with van der Waals surface area (Å²) in [4.78, 5) is 9.62. The molecule has 0 heterocycles. The molecule has 0 aliphatic heterocycles. The highest BCUT2D eigenvalue weighted by molar-refractivity contribution is 6.75. The molecule has 0 rings (SSSR count). The van der Waals surface area contributed by atoms with Crippen LogP contribution < -0.4 is 0 Å². The maximum Gasteiger partial charge on any atom is 0.356 e. The number of carbonyl (C=O) groups is 1. The Morgan fingerprint density at radius 1 is 1.38 bits per heavy atom. The first-order valence-corrected chi connectivity index (χ1v) is 2.38. The van der Waals surface area contributed by atoms with Gasteiger partial charge in [0.05, 0.1) is 0 Å². The zero-order chi connectivity index (χ0) is 6.08. The minimum atomic E-state index is -2.17. The van der Waals surface area contributed by atoms with Crippen LogP contribution in [0.5, 0.6) is 0 Å². The van der Waals surface area contributed by atoms with Crippen LogP contribution in [-0.2, 0) is 4.79 Å². The van der Waals surface area contributed by atoms with Gasteiger partial charge in [-0.1, -0.05) is 34.8 Å².